The van der Waals surface area contributed by atoms with Gasteiger partial charge in [-0.05, 0) is 29.8 Å². The van der Waals surface area contributed by atoms with E-state index in [-0.39, 0.29) is 23.8 Å². The molecule has 0 unspecified atom stereocenters. The molecule has 0 aliphatic carbocycles. The van der Waals surface area contributed by atoms with E-state index in [0.717, 1.165) is 11.1 Å². The van der Waals surface area contributed by atoms with Gasteiger partial charge in [0.25, 0.3) is 11.5 Å². The summed E-state index contributed by atoms with van der Waals surface area (Å²) in [6.45, 7) is 0.577. The summed E-state index contributed by atoms with van der Waals surface area (Å²) in [6.07, 6.45) is 1.48. The van der Waals surface area contributed by atoms with Crippen LogP contribution < -0.4 is 15.2 Å². The van der Waals surface area contributed by atoms with E-state index >= 15 is 0 Å². The number of amides is 1. The second-order valence-electron chi connectivity index (χ2n) is 8.15. The third-order valence-corrected chi connectivity index (χ3v) is 6.04. The molecule has 0 fully saturated rings. The van der Waals surface area contributed by atoms with E-state index in [0.29, 0.717) is 34.6 Å². The molecule has 0 saturated heterocycles. The highest BCUT2D eigenvalue weighted by atomic mass is 16.5. The van der Waals surface area contributed by atoms with Crippen LogP contribution in [0.4, 0.5) is 5.69 Å². The van der Waals surface area contributed by atoms with Crippen LogP contribution in [-0.2, 0) is 13.1 Å². The van der Waals surface area contributed by atoms with Crippen molar-refractivity contribution in [2.45, 2.75) is 13.1 Å². The number of hydrogen-bond acceptors (Lipinski definition) is 4. The second kappa shape index (κ2) is 8.08. The first-order valence-corrected chi connectivity index (χ1v) is 11.0. The normalized spacial score (nSPS) is 12.5. The number of ether oxygens (including phenoxy) is 1. The number of nitrogens with zero attached hydrogens (tertiary/aromatic N) is 2. The maximum absolute atomic E-state index is 13.7. The van der Waals surface area contributed by atoms with Crippen molar-refractivity contribution < 1.29 is 13.9 Å². The van der Waals surface area contributed by atoms with Crippen molar-refractivity contribution in [2.24, 2.45) is 0 Å². The molecule has 34 heavy (non-hydrogen) atoms. The summed E-state index contributed by atoms with van der Waals surface area (Å²) >= 11 is 0. The highest BCUT2D eigenvalue weighted by Gasteiger charge is 2.32. The van der Waals surface area contributed by atoms with Crippen molar-refractivity contribution in [1.82, 2.24) is 4.57 Å². The number of furan rings is 1. The van der Waals surface area contributed by atoms with Gasteiger partial charge in [-0.2, -0.15) is 0 Å². The molecule has 0 saturated carbocycles. The molecule has 6 rings (SSSR count). The lowest BCUT2D eigenvalue weighted by atomic mass is 10.1. The van der Waals surface area contributed by atoms with Crippen LogP contribution in [0.15, 0.2) is 106 Å². The number of carbonyl (C=O) groups excluding carboxylic acids is 1. The number of fused-ring (bicyclic) bond motifs is 4. The topological polar surface area (TPSA) is 64.7 Å². The Labute approximate surface area is 195 Å². The van der Waals surface area contributed by atoms with E-state index < -0.39 is 0 Å². The van der Waals surface area contributed by atoms with E-state index in [9.17, 15) is 9.59 Å². The molecule has 0 atom stereocenters. The molecule has 2 aromatic heterocycles. The lowest BCUT2D eigenvalue weighted by Crippen LogP contribution is -2.32. The molecule has 0 radical (unpaired) electrons. The highest BCUT2D eigenvalue weighted by molar-refractivity contribution is 6.11. The van der Waals surface area contributed by atoms with Gasteiger partial charge in [-0.25, -0.2) is 0 Å². The van der Waals surface area contributed by atoms with Gasteiger partial charge in [0.1, 0.15) is 11.4 Å². The predicted molar refractivity (Wildman–Crippen MR) is 129 cm³/mol. The first-order chi connectivity index (χ1) is 16.7. The third-order valence-electron chi connectivity index (χ3n) is 6.04. The average molecular weight is 448 g/mol. The quantitative estimate of drug-likeness (QED) is 0.361. The Morgan fingerprint density at radius 1 is 0.824 bits per heavy atom. The van der Waals surface area contributed by atoms with Crippen LogP contribution in [0.2, 0.25) is 0 Å². The Hall–Kier alpha value is -4.58. The Bertz CT molecular complexity index is 1570. The summed E-state index contributed by atoms with van der Waals surface area (Å²) in [4.78, 5) is 29.0. The number of hydrogen-bond donors (Lipinski definition) is 0. The van der Waals surface area contributed by atoms with Crippen molar-refractivity contribution in [3.63, 3.8) is 0 Å². The minimum absolute atomic E-state index is 0.178. The van der Waals surface area contributed by atoms with Gasteiger partial charge in [-0.15, -0.1) is 0 Å². The molecule has 1 aliphatic heterocycles. The van der Waals surface area contributed by atoms with E-state index in [1.54, 1.807) is 27.7 Å². The maximum atomic E-state index is 13.7. The molecule has 0 spiro atoms. The van der Waals surface area contributed by atoms with Gasteiger partial charge in [0.15, 0.2) is 5.76 Å². The molecule has 166 valence electrons. The number of pyridine rings is 1. The van der Waals surface area contributed by atoms with Crippen molar-refractivity contribution in [1.29, 1.82) is 0 Å². The molecule has 6 nitrogen and oxygen atoms in total. The van der Waals surface area contributed by atoms with Gasteiger partial charge < -0.3 is 9.15 Å². The Morgan fingerprint density at radius 3 is 2.35 bits per heavy atom. The fourth-order valence-electron chi connectivity index (χ4n) is 4.42. The minimum atomic E-state index is -0.304. The molecular weight excluding hydrogens is 428 g/mol. The average Bonchev–Trinajstić information content (AvgIpc) is 3.36. The van der Waals surface area contributed by atoms with Gasteiger partial charge >= 0.3 is 0 Å². The standard InChI is InChI=1S/C28H20N2O4/c31-26-22-13-6-5-12-21(22)25-28(30(26)17-19-9-2-1-3-10-19)34-23-14-7-4-11-20(23)18-29(25)27(32)24-15-8-16-33-24/h1-16H,17-18H2. The van der Waals surface area contributed by atoms with Gasteiger partial charge in [0.05, 0.1) is 19.4 Å². The largest absolute Gasteiger partial charge is 0.459 e. The zero-order valence-corrected chi connectivity index (χ0v) is 18.2. The lowest BCUT2D eigenvalue weighted by Gasteiger charge is -2.24. The van der Waals surface area contributed by atoms with Crippen LogP contribution in [0.1, 0.15) is 21.7 Å². The summed E-state index contributed by atoms with van der Waals surface area (Å²) in [5.74, 6) is 0.851. The van der Waals surface area contributed by atoms with Crippen molar-refractivity contribution in [2.75, 3.05) is 4.90 Å². The second-order valence-corrected chi connectivity index (χ2v) is 8.15. The number of benzene rings is 3. The molecule has 3 aromatic carbocycles. The number of para-hydroxylation sites is 1. The molecule has 0 bridgehead atoms. The zero-order valence-electron chi connectivity index (χ0n) is 18.2. The summed E-state index contributed by atoms with van der Waals surface area (Å²) in [5.41, 5.74) is 2.15. The van der Waals surface area contributed by atoms with Crippen molar-refractivity contribution >= 4 is 22.4 Å². The Kier molecular flexibility index (Phi) is 4.77. The molecule has 5 aromatic rings. The fraction of sp³-hybridized carbons (Fsp3) is 0.0714. The third kappa shape index (κ3) is 3.28. The van der Waals surface area contributed by atoms with Crippen molar-refractivity contribution in [3.8, 4) is 11.6 Å². The maximum Gasteiger partial charge on any atom is 0.294 e. The number of aromatic nitrogens is 1. The lowest BCUT2D eigenvalue weighted by molar-refractivity contribution is 0.0958. The summed E-state index contributed by atoms with van der Waals surface area (Å²) in [7, 11) is 0. The van der Waals surface area contributed by atoms with Crippen LogP contribution in [0.3, 0.4) is 0 Å². The molecule has 0 N–H and O–H groups in total. The first-order valence-electron chi connectivity index (χ1n) is 11.0. The SMILES string of the molecule is O=C(c1ccco1)N1Cc2ccccc2Oc2c1c1ccccc1c(=O)n2Cc1ccccc1. The summed E-state index contributed by atoms with van der Waals surface area (Å²) in [5, 5.41) is 1.17. The molecule has 3 heterocycles. The van der Waals surface area contributed by atoms with Crippen LogP contribution in [0, 0.1) is 0 Å². The predicted octanol–water partition coefficient (Wildman–Crippen LogP) is 5.60. The summed E-state index contributed by atoms with van der Waals surface area (Å²) < 4.78 is 13.5. The van der Waals surface area contributed by atoms with Crippen LogP contribution in [0.25, 0.3) is 10.8 Å². The molecular formula is C28H20N2O4. The van der Waals surface area contributed by atoms with E-state index in [1.165, 1.54) is 6.26 Å². The fourth-order valence-corrected chi connectivity index (χ4v) is 4.42. The van der Waals surface area contributed by atoms with Crippen LogP contribution in [-0.4, -0.2) is 10.5 Å². The Balaban J connectivity index is 1.67. The van der Waals surface area contributed by atoms with Crippen LogP contribution >= 0.6 is 0 Å². The monoisotopic (exact) mass is 448 g/mol. The van der Waals surface area contributed by atoms with Gasteiger partial charge in [0, 0.05) is 16.3 Å². The van der Waals surface area contributed by atoms with Crippen molar-refractivity contribution in [3.05, 3.63) is 124 Å². The highest BCUT2D eigenvalue weighted by Crippen LogP contribution is 2.43. The van der Waals surface area contributed by atoms with E-state index in [2.05, 4.69) is 0 Å². The minimum Gasteiger partial charge on any atom is -0.459 e. The molecule has 1 amide bonds. The molecule has 6 heteroatoms. The van der Waals surface area contributed by atoms with Crippen LogP contribution in [0.5, 0.6) is 11.6 Å². The van der Waals surface area contributed by atoms with Gasteiger partial charge in [0.2, 0.25) is 5.88 Å². The van der Waals surface area contributed by atoms with E-state index in [4.69, 9.17) is 9.15 Å². The Morgan fingerprint density at radius 2 is 1.56 bits per heavy atom. The molecule has 1 aliphatic rings. The smallest absolute Gasteiger partial charge is 0.294 e. The first kappa shape index (κ1) is 20.1. The zero-order chi connectivity index (χ0) is 23.1. The van der Waals surface area contributed by atoms with Gasteiger partial charge in [-0.1, -0.05) is 66.7 Å². The van der Waals surface area contributed by atoms with Gasteiger partial charge in [-0.3, -0.25) is 19.1 Å². The number of carbonyl (C=O) groups is 1. The number of rotatable bonds is 3. The van der Waals surface area contributed by atoms with E-state index in [1.807, 2.05) is 72.8 Å². The number of anilines is 1. The summed E-state index contributed by atoms with van der Waals surface area (Å²) in [6, 6.07) is 27.9.